The predicted octanol–water partition coefficient (Wildman–Crippen LogP) is 4.12. The second kappa shape index (κ2) is 6.31. The van der Waals surface area contributed by atoms with Crippen molar-refractivity contribution < 1.29 is 13.5 Å². The minimum atomic E-state index is -0.653. The van der Waals surface area contributed by atoms with Crippen LogP contribution in [0.1, 0.15) is 34.9 Å². The fourth-order valence-electron chi connectivity index (χ4n) is 3.18. The second-order valence-electron chi connectivity index (χ2n) is 6.15. The van der Waals surface area contributed by atoms with Gasteiger partial charge in [0.1, 0.15) is 28.5 Å². The van der Waals surface area contributed by atoms with Crippen molar-refractivity contribution in [1.82, 2.24) is 0 Å². The van der Waals surface area contributed by atoms with Gasteiger partial charge in [0.15, 0.2) is 0 Å². The summed E-state index contributed by atoms with van der Waals surface area (Å²) in [6.45, 7) is 2.79. The summed E-state index contributed by atoms with van der Waals surface area (Å²) in [4.78, 5) is 5.63. The number of nitrogens with one attached hydrogen (secondary N) is 2. The monoisotopic (exact) mass is 361 g/mol. The van der Waals surface area contributed by atoms with Gasteiger partial charge in [-0.05, 0) is 31.9 Å². The molecule has 0 saturated carbocycles. The van der Waals surface area contributed by atoms with E-state index in [2.05, 4.69) is 10.3 Å². The van der Waals surface area contributed by atoms with Gasteiger partial charge in [-0.15, -0.1) is 11.3 Å². The molecule has 0 saturated heterocycles. The highest BCUT2D eigenvalue weighted by Crippen LogP contribution is 2.40. The predicted molar refractivity (Wildman–Crippen MR) is 95.1 cm³/mol. The molecule has 2 aliphatic heterocycles. The molecule has 7 heteroatoms. The lowest BCUT2D eigenvalue weighted by Gasteiger charge is -2.12. The molecule has 0 spiro atoms. The third-order valence-electron chi connectivity index (χ3n) is 4.45. The number of nitrogens with zero attached hydrogens (tertiary/aromatic N) is 1. The summed E-state index contributed by atoms with van der Waals surface area (Å²) in [5, 5.41) is 11.9. The maximum absolute atomic E-state index is 14.5. The molecular weight excluding hydrogens is 344 g/mol. The van der Waals surface area contributed by atoms with Crippen molar-refractivity contribution in [3.63, 3.8) is 0 Å². The Morgan fingerprint density at radius 1 is 1.28 bits per heavy atom. The lowest BCUT2D eigenvalue weighted by molar-refractivity contribution is 0.125. The number of hydrogen-bond acceptors (Lipinski definition) is 4. The first-order chi connectivity index (χ1) is 12.1. The summed E-state index contributed by atoms with van der Waals surface area (Å²) in [6.07, 6.45) is 1.76. The molecule has 0 amide bonds. The van der Waals surface area contributed by atoms with Crippen molar-refractivity contribution in [2.24, 2.45) is 4.99 Å². The summed E-state index contributed by atoms with van der Waals surface area (Å²) in [5.74, 6) is -1.09. The first-order valence-corrected chi connectivity index (χ1v) is 8.98. The van der Waals surface area contributed by atoms with Gasteiger partial charge < -0.3 is 10.1 Å². The van der Waals surface area contributed by atoms with E-state index in [0.29, 0.717) is 23.8 Å². The van der Waals surface area contributed by atoms with Crippen LogP contribution in [0.3, 0.4) is 0 Å². The molecule has 2 aliphatic rings. The number of halogens is 2. The molecule has 0 aliphatic carbocycles. The first kappa shape index (κ1) is 16.4. The minimum Gasteiger partial charge on any atom is -0.377 e. The molecule has 25 heavy (non-hydrogen) atoms. The molecule has 0 bridgehead atoms. The van der Waals surface area contributed by atoms with Crippen LogP contribution in [0.4, 0.5) is 13.8 Å². The molecule has 2 N–H and O–H groups in total. The number of fused-ring (bicyclic) bond motifs is 3. The summed E-state index contributed by atoms with van der Waals surface area (Å²) in [6, 6.07) is 3.29. The number of anilines is 1. The minimum absolute atomic E-state index is 0.142. The van der Waals surface area contributed by atoms with E-state index < -0.39 is 17.7 Å². The van der Waals surface area contributed by atoms with Crippen LogP contribution in [0.2, 0.25) is 0 Å². The third kappa shape index (κ3) is 2.77. The normalized spacial score (nSPS) is 20.0. The zero-order valence-corrected chi connectivity index (χ0v) is 14.5. The van der Waals surface area contributed by atoms with Crippen LogP contribution in [0, 0.1) is 17.0 Å². The Labute approximate surface area is 148 Å². The Balaban J connectivity index is 1.99. The van der Waals surface area contributed by atoms with E-state index in [1.165, 1.54) is 29.5 Å². The Kier molecular flexibility index (Phi) is 4.13. The van der Waals surface area contributed by atoms with Crippen LogP contribution in [-0.4, -0.2) is 24.2 Å². The lowest BCUT2D eigenvalue weighted by Crippen LogP contribution is -2.21. The summed E-state index contributed by atoms with van der Waals surface area (Å²) in [7, 11) is 0. The number of thiophene rings is 1. The van der Waals surface area contributed by atoms with Gasteiger partial charge in [-0.1, -0.05) is 6.07 Å². The van der Waals surface area contributed by atoms with Gasteiger partial charge in [-0.25, -0.2) is 8.78 Å². The standard InChI is InChI=1S/C18H17F2N3OS/c1-9-17(21)23-18-14(10-8-24-7-3-6-13(10)25-18)16(22-9)15-11(19)4-2-5-12(15)20/h2,4-5,9H,3,6-8H2,1H3,(H2,21,23)/t9-/m0/s1. The molecule has 2 aromatic rings. The Morgan fingerprint density at radius 2 is 2.04 bits per heavy atom. The van der Waals surface area contributed by atoms with Crippen molar-refractivity contribution in [2.45, 2.75) is 32.4 Å². The molecule has 1 aromatic heterocycles. The molecule has 0 radical (unpaired) electrons. The first-order valence-electron chi connectivity index (χ1n) is 8.16. The van der Waals surface area contributed by atoms with E-state index in [9.17, 15) is 8.78 Å². The SMILES string of the molecule is C[C@@H]1N=C(c2c(F)cccc2F)c2c(sc3c2COCCC3)NC1=N. The fourth-order valence-corrected chi connectivity index (χ4v) is 4.44. The van der Waals surface area contributed by atoms with E-state index in [0.717, 1.165) is 23.3 Å². The van der Waals surface area contributed by atoms with Gasteiger partial charge in [0, 0.05) is 22.6 Å². The highest BCUT2D eigenvalue weighted by atomic mass is 32.1. The van der Waals surface area contributed by atoms with Crippen LogP contribution < -0.4 is 5.32 Å². The summed E-state index contributed by atoms with van der Waals surface area (Å²) >= 11 is 1.52. The smallest absolute Gasteiger partial charge is 0.135 e. The maximum Gasteiger partial charge on any atom is 0.135 e. The number of hydrogen-bond donors (Lipinski definition) is 2. The topological polar surface area (TPSA) is 57.5 Å². The molecule has 0 fully saturated rings. The van der Waals surface area contributed by atoms with E-state index in [4.69, 9.17) is 10.1 Å². The number of benzene rings is 1. The molecule has 130 valence electrons. The maximum atomic E-state index is 14.5. The van der Waals surface area contributed by atoms with Crippen LogP contribution in [0.25, 0.3) is 0 Å². The molecule has 3 heterocycles. The van der Waals surface area contributed by atoms with E-state index >= 15 is 0 Å². The largest absolute Gasteiger partial charge is 0.377 e. The van der Waals surface area contributed by atoms with Crippen molar-refractivity contribution in [2.75, 3.05) is 11.9 Å². The molecular formula is C18H17F2N3OS. The van der Waals surface area contributed by atoms with Crippen molar-refractivity contribution in [3.8, 4) is 0 Å². The highest BCUT2D eigenvalue weighted by molar-refractivity contribution is 7.17. The molecule has 4 rings (SSSR count). The Morgan fingerprint density at radius 3 is 2.80 bits per heavy atom. The average molecular weight is 361 g/mol. The van der Waals surface area contributed by atoms with E-state index in [1.807, 2.05) is 0 Å². The summed E-state index contributed by atoms with van der Waals surface area (Å²) in [5.41, 5.74) is 1.71. The van der Waals surface area contributed by atoms with E-state index in [-0.39, 0.29) is 17.1 Å². The Bertz CT molecular complexity index is 870. The van der Waals surface area contributed by atoms with Crippen LogP contribution in [0.15, 0.2) is 23.2 Å². The number of amidine groups is 1. The average Bonchev–Trinajstić information content (AvgIpc) is 2.70. The van der Waals surface area contributed by atoms with Gasteiger partial charge in [0.2, 0.25) is 0 Å². The third-order valence-corrected chi connectivity index (χ3v) is 5.66. The fraction of sp³-hybridized carbons (Fsp3) is 0.333. The number of ether oxygens (including phenoxy) is 1. The van der Waals surface area contributed by atoms with Gasteiger partial charge in [0.05, 0.1) is 17.9 Å². The van der Waals surface area contributed by atoms with Crippen LogP contribution in [-0.2, 0) is 17.8 Å². The van der Waals surface area contributed by atoms with Crippen molar-refractivity contribution in [1.29, 1.82) is 5.41 Å². The lowest BCUT2D eigenvalue weighted by atomic mass is 9.97. The van der Waals surface area contributed by atoms with Crippen molar-refractivity contribution >= 4 is 27.9 Å². The van der Waals surface area contributed by atoms with Gasteiger partial charge in [0.25, 0.3) is 0 Å². The van der Waals surface area contributed by atoms with E-state index in [1.54, 1.807) is 6.92 Å². The van der Waals surface area contributed by atoms with Crippen molar-refractivity contribution in [3.05, 3.63) is 51.4 Å². The van der Waals surface area contributed by atoms with Gasteiger partial charge in [-0.3, -0.25) is 10.4 Å². The zero-order valence-electron chi connectivity index (χ0n) is 13.7. The Hall–Kier alpha value is -2.12. The number of rotatable bonds is 1. The quantitative estimate of drug-likeness (QED) is 0.803. The second-order valence-corrected chi connectivity index (χ2v) is 7.26. The molecule has 1 aromatic carbocycles. The van der Waals surface area contributed by atoms with Gasteiger partial charge >= 0.3 is 0 Å². The zero-order chi connectivity index (χ0) is 17.6. The molecule has 0 unspecified atom stereocenters. The number of aliphatic imine (C=N–C) groups is 1. The molecule has 4 nitrogen and oxygen atoms in total. The van der Waals surface area contributed by atoms with Crippen LogP contribution >= 0.6 is 11.3 Å². The van der Waals surface area contributed by atoms with Gasteiger partial charge in [-0.2, -0.15) is 0 Å². The highest BCUT2D eigenvalue weighted by Gasteiger charge is 2.31. The molecule has 1 atom stereocenters. The number of aryl methyl sites for hydroxylation is 1. The van der Waals surface area contributed by atoms with Crippen LogP contribution in [0.5, 0.6) is 0 Å². The summed E-state index contributed by atoms with van der Waals surface area (Å²) < 4.78 is 34.6.